The smallest absolute Gasteiger partial charge is 0.0412 e. The van der Waals surface area contributed by atoms with Crippen LogP contribution in [0.4, 0.5) is 0 Å². The zero-order chi connectivity index (χ0) is 13.0. The van der Waals surface area contributed by atoms with Crippen molar-refractivity contribution in [1.82, 2.24) is 5.32 Å². The summed E-state index contributed by atoms with van der Waals surface area (Å²) in [6, 6.07) is 14.3. The van der Waals surface area contributed by atoms with Gasteiger partial charge in [0, 0.05) is 16.0 Å². The second kappa shape index (κ2) is 6.37. The van der Waals surface area contributed by atoms with Crippen molar-refractivity contribution in [2.45, 2.75) is 13.5 Å². The van der Waals surface area contributed by atoms with Crippen LogP contribution in [0, 0.1) is 0 Å². The van der Waals surface area contributed by atoms with Crippen LogP contribution in [0.15, 0.2) is 46.9 Å². The van der Waals surface area contributed by atoms with Crippen molar-refractivity contribution in [2.75, 3.05) is 6.54 Å². The molecular weight excluding hydrogens is 310 g/mol. The highest BCUT2D eigenvalue weighted by Gasteiger charge is 2.08. The predicted octanol–water partition coefficient (Wildman–Crippen LogP) is 4.88. The third kappa shape index (κ3) is 3.14. The van der Waals surface area contributed by atoms with E-state index in [2.05, 4.69) is 40.3 Å². The fraction of sp³-hybridized carbons (Fsp3) is 0.200. The van der Waals surface area contributed by atoms with Crippen molar-refractivity contribution >= 4 is 27.5 Å². The Morgan fingerprint density at radius 3 is 2.61 bits per heavy atom. The van der Waals surface area contributed by atoms with Crippen molar-refractivity contribution in [3.8, 4) is 11.1 Å². The van der Waals surface area contributed by atoms with E-state index in [1.807, 2.05) is 30.3 Å². The molecule has 0 amide bonds. The van der Waals surface area contributed by atoms with Gasteiger partial charge in [0.15, 0.2) is 0 Å². The van der Waals surface area contributed by atoms with Crippen molar-refractivity contribution in [1.29, 1.82) is 0 Å². The molecule has 94 valence electrons. The molecular formula is C15H15BrClN. The van der Waals surface area contributed by atoms with Crippen LogP contribution in [-0.2, 0) is 6.54 Å². The summed E-state index contributed by atoms with van der Waals surface area (Å²) >= 11 is 9.71. The Morgan fingerprint density at radius 2 is 1.89 bits per heavy atom. The van der Waals surface area contributed by atoms with Crippen LogP contribution in [0.5, 0.6) is 0 Å². The van der Waals surface area contributed by atoms with Crippen LogP contribution in [-0.4, -0.2) is 6.54 Å². The Kier molecular flexibility index (Phi) is 4.81. The summed E-state index contributed by atoms with van der Waals surface area (Å²) in [4.78, 5) is 0. The maximum absolute atomic E-state index is 6.12. The zero-order valence-corrected chi connectivity index (χ0v) is 12.6. The molecule has 1 N–H and O–H groups in total. The molecule has 0 aliphatic carbocycles. The molecule has 0 atom stereocenters. The lowest BCUT2D eigenvalue weighted by Gasteiger charge is -2.12. The van der Waals surface area contributed by atoms with Gasteiger partial charge < -0.3 is 5.32 Å². The second-order valence-corrected chi connectivity index (χ2v) is 5.35. The maximum atomic E-state index is 6.12. The van der Waals surface area contributed by atoms with E-state index in [9.17, 15) is 0 Å². The Morgan fingerprint density at radius 1 is 1.11 bits per heavy atom. The van der Waals surface area contributed by atoms with Gasteiger partial charge in [-0.3, -0.25) is 0 Å². The lowest BCUT2D eigenvalue weighted by molar-refractivity contribution is 0.728. The molecule has 2 aromatic carbocycles. The van der Waals surface area contributed by atoms with Gasteiger partial charge >= 0.3 is 0 Å². The first-order valence-corrected chi connectivity index (χ1v) is 7.13. The fourth-order valence-electron chi connectivity index (χ4n) is 1.89. The van der Waals surface area contributed by atoms with Gasteiger partial charge in [0.25, 0.3) is 0 Å². The summed E-state index contributed by atoms with van der Waals surface area (Å²) < 4.78 is 1.09. The SMILES string of the molecule is CCNCc1ccc(Cl)cc1-c1ccccc1Br. The molecule has 0 aliphatic rings. The molecule has 18 heavy (non-hydrogen) atoms. The highest BCUT2D eigenvalue weighted by molar-refractivity contribution is 9.10. The molecule has 0 radical (unpaired) electrons. The van der Waals surface area contributed by atoms with Crippen LogP contribution in [0.2, 0.25) is 5.02 Å². The standard InChI is InChI=1S/C15H15BrClN/c1-2-18-10-11-7-8-12(17)9-14(11)13-5-3-4-6-15(13)16/h3-9,18H,2,10H2,1H3. The molecule has 0 heterocycles. The Labute approximate surface area is 121 Å². The summed E-state index contributed by atoms with van der Waals surface area (Å²) in [6.07, 6.45) is 0. The van der Waals surface area contributed by atoms with Gasteiger partial charge in [-0.2, -0.15) is 0 Å². The summed E-state index contributed by atoms with van der Waals surface area (Å²) in [5.41, 5.74) is 3.61. The first kappa shape index (κ1) is 13.6. The van der Waals surface area contributed by atoms with E-state index in [-0.39, 0.29) is 0 Å². The molecule has 1 nitrogen and oxygen atoms in total. The highest BCUT2D eigenvalue weighted by Crippen LogP contribution is 2.32. The van der Waals surface area contributed by atoms with Gasteiger partial charge in [-0.15, -0.1) is 0 Å². The average molecular weight is 325 g/mol. The molecule has 0 spiro atoms. The van der Waals surface area contributed by atoms with E-state index in [1.165, 1.54) is 16.7 Å². The normalized spacial score (nSPS) is 10.6. The van der Waals surface area contributed by atoms with Crippen molar-refractivity contribution in [3.63, 3.8) is 0 Å². The topological polar surface area (TPSA) is 12.0 Å². The number of halogens is 2. The number of hydrogen-bond acceptors (Lipinski definition) is 1. The highest BCUT2D eigenvalue weighted by atomic mass is 79.9. The third-order valence-corrected chi connectivity index (χ3v) is 3.73. The monoisotopic (exact) mass is 323 g/mol. The van der Waals surface area contributed by atoms with Crippen molar-refractivity contribution in [2.24, 2.45) is 0 Å². The van der Waals surface area contributed by atoms with Gasteiger partial charge in [-0.1, -0.05) is 58.7 Å². The molecule has 0 saturated carbocycles. The Balaban J connectivity index is 2.48. The van der Waals surface area contributed by atoms with Crippen LogP contribution < -0.4 is 5.32 Å². The summed E-state index contributed by atoms with van der Waals surface area (Å²) in [7, 11) is 0. The van der Waals surface area contributed by atoms with Crippen molar-refractivity contribution < 1.29 is 0 Å². The Bertz CT molecular complexity index is 540. The lowest BCUT2D eigenvalue weighted by Crippen LogP contribution is -2.12. The molecule has 2 rings (SSSR count). The molecule has 0 unspecified atom stereocenters. The number of benzene rings is 2. The molecule has 0 bridgehead atoms. The van der Waals surface area contributed by atoms with Gasteiger partial charge in [-0.25, -0.2) is 0 Å². The van der Waals surface area contributed by atoms with E-state index in [1.54, 1.807) is 0 Å². The quantitative estimate of drug-likeness (QED) is 0.845. The fourth-order valence-corrected chi connectivity index (χ4v) is 2.56. The van der Waals surface area contributed by atoms with Gasteiger partial charge in [-0.05, 0) is 41.4 Å². The molecule has 2 aromatic rings. The van der Waals surface area contributed by atoms with Crippen LogP contribution in [0.1, 0.15) is 12.5 Å². The summed E-state index contributed by atoms with van der Waals surface area (Å²) in [6.45, 7) is 3.91. The summed E-state index contributed by atoms with van der Waals surface area (Å²) in [5, 5.41) is 4.12. The number of nitrogens with one attached hydrogen (secondary N) is 1. The maximum Gasteiger partial charge on any atom is 0.0412 e. The number of rotatable bonds is 4. The largest absolute Gasteiger partial charge is 0.313 e. The minimum atomic E-state index is 0.765. The first-order valence-electron chi connectivity index (χ1n) is 5.96. The van der Waals surface area contributed by atoms with Gasteiger partial charge in [0.1, 0.15) is 0 Å². The van der Waals surface area contributed by atoms with E-state index < -0.39 is 0 Å². The minimum Gasteiger partial charge on any atom is -0.313 e. The second-order valence-electron chi connectivity index (χ2n) is 4.06. The van der Waals surface area contributed by atoms with E-state index in [0.29, 0.717) is 0 Å². The van der Waals surface area contributed by atoms with Gasteiger partial charge in [0.05, 0.1) is 0 Å². The van der Waals surface area contributed by atoms with E-state index in [4.69, 9.17) is 11.6 Å². The molecule has 3 heteroatoms. The van der Waals surface area contributed by atoms with Crippen LogP contribution >= 0.6 is 27.5 Å². The minimum absolute atomic E-state index is 0.765. The van der Waals surface area contributed by atoms with Gasteiger partial charge in [0.2, 0.25) is 0 Å². The average Bonchev–Trinajstić information content (AvgIpc) is 2.38. The van der Waals surface area contributed by atoms with E-state index >= 15 is 0 Å². The van der Waals surface area contributed by atoms with E-state index in [0.717, 1.165) is 22.6 Å². The summed E-state index contributed by atoms with van der Waals surface area (Å²) in [5.74, 6) is 0. The lowest BCUT2D eigenvalue weighted by atomic mass is 9.99. The first-order chi connectivity index (χ1) is 8.72. The van der Waals surface area contributed by atoms with Crippen molar-refractivity contribution in [3.05, 3.63) is 57.5 Å². The molecule has 0 aliphatic heterocycles. The Hall–Kier alpha value is -0.830. The molecule has 0 fully saturated rings. The molecule has 0 saturated heterocycles. The number of hydrogen-bond donors (Lipinski definition) is 1. The van der Waals surface area contributed by atoms with Crippen LogP contribution in [0.25, 0.3) is 11.1 Å². The molecule has 0 aromatic heterocycles. The zero-order valence-electron chi connectivity index (χ0n) is 10.2. The predicted molar refractivity (Wildman–Crippen MR) is 82.0 cm³/mol. The van der Waals surface area contributed by atoms with Crippen LogP contribution in [0.3, 0.4) is 0 Å². The third-order valence-electron chi connectivity index (χ3n) is 2.80.